The molecule has 0 radical (unpaired) electrons. The third kappa shape index (κ3) is 11.1. The topological polar surface area (TPSA) is 86.2 Å². The van der Waals surface area contributed by atoms with E-state index < -0.39 is 0 Å². The molecule has 0 atom stereocenters. The van der Waals surface area contributed by atoms with Gasteiger partial charge >= 0.3 is 0 Å². The molecule has 0 unspecified atom stereocenters. The first-order chi connectivity index (χ1) is 15.6. The van der Waals surface area contributed by atoms with E-state index in [9.17, 15) is 9.59 Å². The molecule has 0 amide bonds. The van der Waals surface area contributed by atoms with Gasteiger partial charge in [-0.25, -0.2) is 0 Å². The van der Waals surface area contributed by atoms with Gasteiger partial charge < -0.3 is 11.5 Å². The zero-order chi connectivity index (χ0) is 23.0. The summed E-state index contributed by atoms with van der Waals surface area (Å²) in [5.74, 6) is 0. The Kier molecular flexibility index (Phi) is 13.0. The summed E-state index contributed by atoms with van der Waals surface area (Å²) in [5.41, 5.74) is 13.1. The van der Waals surface area contributed by atoms with E-state index in [2.05, 4.69) is 0 Å². The summed E-state index contributed by atoms with van der Waals surface area (Å²) in [6, 6.07) is 15.0. The van der Waals surface area contributed by atoms with Crippen LogP contribution in [0.25, 0.3) is 0 Å². The van der Waals surface area contributed by atoms with E-state index in [0.29, 0.717) is 24.2 Å². The first-order valence-corrected chi connectivity index (χ1v) is 13.3. The van der Waals surface area contributed by atoms with E-state index in [1.807, 2.05) is 48.5 Å². The number of unbranched alkanes of at least 4 members (excludes halogenated alkanes) is 9. The van der Waals surface area contributed by atoms with Gasteiger partial charge in [-0.15, -0.1) is 0 Å². The molecule has 4 nitrogen and oxygen atoms in total. The number of carbonyl (C=O) groups excluding carboxylic acids is 2. The standard InChI is InChI=1S/C26H36N2O2S2/c27-21-15-11-13-17-23(21)31-25(29)19-9-7-5-3-1-2-4-6-8-10-20-26(30)32-24-18-14-12-16-22(24)28/h11-18H,1-10,19-20,27-28H2. The van der Waals surface area contributed by atoms with Crippen molar-refractivity contribution in [3.63, 3.8) is 0 Å². The smallest absolute Gasteiger partial charge is 0.193 e. The maximum absolute atomic E-state index is 12.1. The average Bonchev–Trinajstić information content (AvgIpc) is 2.77. The van der Waals surface area contributed by atoms with Crippen molar-refractivity contribution in [2.45, 2.75) is 86.8 Å². The third-order valence-corrected chi connectivity index (χ3v) is 7.34. The van der Waals surface area contributed by atoms with Crippen LogP contribution in [0.2, 0.25) is 0 Å². The van der Waals surface area contributed by atoms with Gasteiger partial charge in [-0.3, -0.25) is 9.59 Å². The van der Waals surface area contributed by atoms with Crippen molar-refractivity contribution < 1.29 is 9.59 Å². The largest absolute Gasteiger partial charge is 0.398 e. The molecule has 6 heteroatoms. The Morgan fingerprint density at radius 1 is 0.531 bits per heavy atom. The highest BCUT2D eigenvalue weighted by Gasteiger charge is 2.08. The Bertz CT molecular complexity index is 773. The molecule has 0 saturated heterocycles. The minimum atomic E-state index is 0.201. The molecule has 32 heavy (non-hydrogen) atoms. The van der Waals surface area contributed by atoms with Crippen molar-refractivity contribution in [2.75, 3.05) is 11.5 Å². The molecule has 2 aromatic carbocycles. The number of nitrogens with two attached hydrogens (primary N) is 2. The molecule has 0 spiro atoms. The second-order valence-corrected chi connectivity index (χ2v) is 10.3. The molecule has 0 heterocycles. The Balaban J connectivity index is 1.37. The summed E-state index contributed by atoms with van der Waals surface area (Å²) in [4.78, 5) is 25.8. The highest BCUT2D eigenvalue weighted by atomic mass is 32.2. The number of carbonyl (C=O) groups is 2. The number of anilines is 2. The molecule has 2 aromatic rings. The zero-order valence-electron chi connectivity index (χ0n) is 18.9. The van der Waals surface area contributed by atoms with Gasteiger partial charge in [0.05, 0.1) is 0 Å². The summed E-state index contributed by atoms with van der Waals surface area (Å²) < 4.78 is 0. The van der Waals surface area contributed by atoms with Crippen LogP contribution in [0.15, 0.2) is 58.3 Å². The lowest BCUT2D eigenvalue weighted by Gasteiger charge is -2.05. The second-order valence-electron chi connectivity index (χ2n) is 8.06. The Morgan fingerprint density at radius 3 is 1.19 bits per heavy atom. The first kappa shape index (κ1) is 26.3. The van der Waals surface area contributed by atoms with E-state index >= 15 is 0 Å². The molecule has 0 aliphatic carbocycles. The number of thioether (sulfide) groups is 2. The van der Waals surface area contributed by atoms with Gasteiger partial charge in [-0.1, -0.05) is 75.6 Å². The van der Waals surface area contributed by atoms with Crippen molar-refractivity contribution in [3.05, 3.63) is 48.5 Å². The summed E-state index contributed by atoms with van der Waals surface area (Å²) in [6.45, 7) is 0. The molecule has 0 aliphatic rings. The SMILES string of the molecule is Nc1ccccc1SC(=O)CCCCCCCCCCCCC(=O)Sc1ccccc1N. The van der Waals surface area contributed by atoms with Gasteiger partial charge in [0.15, 0.2) is 10.2 Å². The summed E-state index contributed by atoms with van der Waals surface area (Å²) in [5, 5.41) is 0.402. The van der Waals surface area contributed by atoms with Crippen LogP contribution in [0.4, 0.5) is 11.4 Å². The minimum absolute atomic E-state index is 0.201. The number of hydrogen-bond acceptors (Lipinski definition) is 6. The predicted octanol–water partition coefficient (Wildman–Crippen LogP) is 7.47. The number of para-hydroxylation sites is 2. The fourth-order valence-electron chi connectivity index (χ4n) is 3.45. The Hall–Kier alpha value is -1.92. The van der Waals surface area contributed by atoms with Crippen molar-refractivity contribution in [1.82, 2.24) is 0 Å². The monoisotopic (exact) mass is 472 g/mol. The lowest BCUT2D eigenvalue weighted by atomic mass is 10.1. The van der Waals surface area contributed by atoms with Crippen LogP contribution in [0.3, 0.4) is 0 Å². The van der Waals surface area contributed by atoms with Crippen LogP contribution in [-0.2, 0) is 9.59 Å². The number of nitrogen functional groups attached to an aromatic ring is 2. The molecular formula is C26H36N2O2S2. The molecule has 2 rings (SSSR count). The van der Waals surface area contributed by atoms with E-state index in [1.54, 1.807) is 0 Å². The average molecular weight is 473 g/mol. The lowest BCUT2D eigenvalue weighted by molar-refractivity contribution is -0.111. The van der Waals surface area contributed by atoms with Crippen LogP contribution in [0.5, 0.6) is 0 Å². The second kappa shape index (κ2) is 15.8. The fourth-order valence-corrected chi connectivity index (χ4v) is 5.10. The van der Waals surface area contributed by atoms with Gasteiger partial charge in [0.1, 0.15) is 0 Å². The van der Waals surface area contributed by atoms with Crippen molar-refractivity contribution in [1.29, 1.82) is 0 Å². The maximum Gasteiger partial charge on any atom is 0.193 e. The summed E-state index contributed by atoms with van der Waals surface area (Å²) >= 11 is 2.52. The Morgan fingerprint density at radius 2 is 0.844 bits per heavy atom. The van der Waals surface area contributed by atoms with Gasteiger partial charge in [0.2, 0.25) is 0 Å². The summed E-state index contributed by atoms with van der Waals surface area (Å²) in [6.07, 6.45) is 12.8. The number of benzene rings is 2. The summed E-state index contributed by atoms with van der Waals surface area (Å²) in [7, 11) is 0. The minimum Gasteiger partial charge on any atom is -0.398 e. The van der Waals surface area contributed by atoms with Crippen molar-refractivity contribution >= 4 is 45.1 Å². The molecular weight excluding hydrogens is 436 g/mol. The Labute approximate surface area is 201 Å². The van der Waals surface area contributed by atoms with Gasteiger partial charge in [0.25, 0.3) is 0 Å². The first-order valence-electron chi connectivity index (χ1n) is 11.7. The predicted molar refractivity (Wildman–Crippen MR) is 139 cm³/mol. The normalized spacial score (nSPS) is 10.9. The molecule has 4 N–H and O–H groups in total. The van der Waals surface area contributed by atoms with Crippen LogP contribution in [0, 0.1) is 0 Å². The van der Waals surface area contributed by atoms with Crippen molar-refractivity contribution in [3.8, 4) is 0 Å². The molecule has 0 fully saturated rings. The highest BCUT2D eigenvalue weighted by Crippen LogP contribution is 2.28. The van der Waals surface area contributed by atoms with Gasteiger partial charge in [-0.05, 0) is 60.6 Å². The zero-order valence-corrected chi connectivity index (χ0v) is 20.5. The lowest BCUT2D eigenvalue weighted by Crippen LogP contribution is -1.95. The van der Waals surface area contributed by atoms with Crippen LogP contribution >= 0.6 is 23.5 Å². The number of rotatable bonds is 15. The van der Waals surface area contributed by atoms with Gasteiger partial charge in [-0.2, -0.15) is 0 Å². The third-order valence-electron chi connectivity index (χ3n) is 5.30. The molecule has 174 valence electrons. The van der Waals surface area contributed by atoms with Crippen molar-refractivity contribution in [2.24, 2.45) is 0 Å². The highest BCUT2D eigenvalue weighted by molar-refractivity contribution is 8.14. The molecule has 0 bridgehead atoms. The van der Waals surface area contributed by atoms with E-state index in [0.717, 1.165) is 35.5 Å². The van der Waals surface area contributed by atoms with Crippen LogP contribution < -0.4 is 11.5 Å². The quantitative estimate of drug-likeness (QED) is 0.159. The van der Waals surface area contributed by atoms with E-state index in [1.165, 1.54) is 62.0 Å². The fraction of sp³-hybridized carbons (Fsp3) is 0.462. The van der Waals surface area contributed by atoms with Crippen LogP contribution in [0.1, 0.15) is 77.0 Å². The van der Waals surface area contributed by atoms with E-state index in [4.69, 9.17) is 11.5 Å². The molecule has 0 saturated carbocycles. The van der Waals surface area contributed by atoms with Gasteiger partial charge in [0, 0.05) is 34.0 Å². The van der Waals surface area contributed by atoms with Crippen LogP contribution in [-0.4, -0.2) is 10.2 Å². The number of hydrogen-bond donors (Lipinski definition) is 2. The van der Waals surface area contributed by atoms with E-state index in [-0.39, 0.29) is 10.2 Å². The molecule has 0 aromatic heterocycles. The maximum atomic E-state index is 12.1. The molecule has 0 aliphatic heterocycles.